The van der Waals surface area contributed by atoms with Crippen LogP contribution < -0.4 is 0 Å². The van der Waals surface area contributed by atoms with E-state index in [0.29, 0.717) is 12.8 Å². The number of halogens is 6. The first-order chi connectivity index (χ1) is 10.4. The SMILES string of the molecule is O=S(=O)(c1cc(C(F)(F)F)ccc1C(F)(F)F)N1CCCCC1. The number of hydrogen-bond donors (Lipinski definition) is 0. The van der Waals surface area contributed by atoms with E-state index in [4.69, 9.17) is 0 Å². The molecule has 0 saturated carbocycles. The van der Waals surface area contributed by atoms with Gasteiger partial charge < -0.3 is 0 Å². The fraction of sp³-hybridized carbons (Fsp3) is 0.538. The third-order valence-electron chi connectivity index (χ3n) is 3.55. The molecule has 0 unspecified atom stereocenters. The zero-order chi connectivity index (χ0) is 17.5. The predicted octanol–water partition coefficient (Wildman–Crippen LogP) is 3.90. The molecule has 23 heavy (non-hydrogen) atoms. The van der Waals surface area contributed by atoms with E-state index in [1.165, 1.54) is 0 Å². The molecule has 1 heterocycles. The Hall–Kier alpha value is -1.29. The number of hydrogen-bond acceptors (Lipinski definition) is 2. The molecule has 1 aliphatic rings. The predicted molar refractivity (Wildman–Crippen MR) is 69.1 cm³/mol. The summed E-state index contributed by atoms with van der Waals surface area (Å²) >= 11 is 0. The minimum Gasteiger partial charge on any atom is -0.207 e. The summed E-state index contributed by atoms with van der Waals surface area (Å²) < 4.78 is 103. The van der Waals surface area contributed by atoms with Gasteiger partial charge in [0, 0.05) is 13.1 Å². The third-order valence-corrected chi connectivity index (χ3v) is 5.49. The molecule has 3 nitrogen and oxygen atoms in total. The molecular formula is C13H13F6NO2S. The first-order valence-electron chi connectivity index (χ1n) is 6.72. The molecule has 2 rings (SSSR count). The van der Waals surface area contributed by atoms with Crippen LogP contribution in [0.5, 0.6) is 0 Å². The smallest absolute Gasteiger partial charge is 0.207 e. The quantitative estimate of drug-likeness (QED) is 0.750. The van der Waals surface area contributed by atoms with Crippen molar-refractivity contribution >= 4 is 10.0 Å². The fourth-order valence-electron chi connectivity index (χ4n) is 2.39. The van der Waals surface area contributed by atoms with E-state index < -0.39 is 38.4 Å². The molecule has 0 amide bonds. The van der Waals surface area contributed by atoms with Crippen LogP contribution in [0.1, 0.15) is 30.4 Å². The van der Waals surface area contributed by atoms with Crippen LogP contribution >= 0.6 is 0 Å². The van der Waals surface area contributed by atoms with Gasteiger partial charge in [-0.25, -0.2) is 8.42 Å². The molecule has 0 aliphatic carbocycles. The zero-order valence-electron chi connectivity index (χ0n) is 11.7. The third kappa shape index (κ3) is 3.79. The monoisotopic (exact) mass is 361 g/mol. The number of piperidine rings is 1. The number of alkyl halides is 6. The Morgan fingerprint density at radius 2 is 1.43 bits per heavy atom. The second-order valence-electron chi connectivity index (χ2n) is 5.17. The van der Waals surface area contributed by atoms with Crippen LogP contribution in [0.4, 0.5) is 26.3 Å². The van der Waals surface area contributed by atoms with Gasteiger partial charge in [-0.3, -0.25) is 0 Å². The molecule has 0 N–H and O–H groups in total. The maximum Gasteiger partial charge on any atom is 0.417 e. The van der Waals surface area contributed by atoms with E-state index in [-0.39, 0.29) is 31.3 Å². The van der Waals surface area contributed by atoms with Crippen LogP contribution in [-0.4, -0.2) is 25.8 Å². The van der Waals surface area contributed by atoms with Crippen LogP contribution in [0.2, 0.25) is 0 Å². The summed E-state index contributed by atoms with van der Waals surface area (Å²) in [6, 6.07) is 0.463. The molecule has 0 bridgehead atoms. The molecular weight excluding hydrogens is 348 g/mol. The number of benzene rings is 1. The van der Waals surface area contributed by atoms with Gasteiger partial charge in [0.25, 0.3) is 0 Å². The second kappa shape index (κ2) is 5.97. The summed E-state index contributed by atoms with van der Waals surface area (Å²) in [6.07, 6.45) is -8.36. The average molecular weight is 361 g/mol. The van der Waals surface area contributed by atoms with Crippen molar-refractivity contribution in [2.45, 2.75) is 36.5 Å². The molecule has 1 aliphatic heterocycles. The number of rotatable bonds is 2. The van der Waals surface area contributed by atoms with E-state index >= 15 is 0 Å². The lowest BCUT2D eigenvalue weighted by Gasteiger charge is -2.27. The lowest BCUT2D eigenvalue weighted by atomic mass is 10.1. The fourth-order valence-corrected chi connectivity index (χ4v) is 4.15. The molecule has 10 heteroatoms. The van der Waals surface area contributed by atoms with Gasteiger partial charge in [0.1, 0.15) is 0 Å². The van der Waals surface area contributed by atoms with Crippen molar-refractivity contribution in [1.29, 1.82) is 0 Å². The summed E-state index contributed by atoms with van der Waals surface area (Å²) in [5.74, 6) is 0. The zero-order valence-corrected chi connectivity index (χ0v) is 12.5. The Balaban J connectivity index is 2.61. The normalized spacial score (nSPS) is 18.2. The Kier molecular flexibility index (Phi) is 4.69. The van der Waals surface area contributed by atoms with Crippen molar-refractivity contribution in [3.8, 4) is 0 Å². The first-order valence-corrected chi connectivity index (χ1v) is 8.16. The molecule has 1 saturated heterocycles. The van der Waals surface area contributed by atoms with Gasteiger partial charge in [0.05, 0.1) is 16.0 Å². The molecule has 0 radical (unpaired) electrons. The summed E-state index contributed by atoms with van der Waals surface area (Å²) in [5, 5.41) is 0. The minimum absolute atomic E-state index is 0.00409. The van der Waals surface area contributed by atoms with E-state index in [1.807, 2.05) is 0 Å². The van der Waals surface area contributed by atoms with Gasteiger partial charge in [-0.15, -0.1) is 0 Å². The lowest BCUT2D eigenvalue weighted by Crippen LogP contribution is -2.36. The number of nitrogens with zero attached hydrogens (tertiary/aromatic N) is 1. The topological polar surface area (TPSA) is 37.4 Å². The van der Waals surface area contributed by atoms with Crippen molar-refractivity contribution in [2.75, 3.05) is 13.1 Å². The summed E-state index contributed by atoms with van der Waals surface area (Å²) in [4.78, 5) is -1.35. The van der Waals surface area contributed by atoms with Gasteiger partial charge in [0.2, 0.25) is 10.0 Å². The van der Waals surface area contributed by atoms with E-state index in [0.717, 1.165) is 10.7 Å². The molecule has 1 aromatic carbocycles. The highest BCUT2D eigenvalue weighted by Gasteiger charge is 2.41. The molecule has 0 atom stereocenters. The second-order valence-corrected chi connectivity index (χ2v) is 7.08. The minimum atomic E-state index is -5.07. The van der Waals surface area contributed by atoms with Gasteiger partial charge in [-0.05, 0) is 31.0 Å². The molecule has 130 valence electrons. The highest BCUT2D eigenvalue weighted by molar-refractivity contribution is 7.89. The van der Waals surface area contributed by atoms with Crippen LogP contribution in [0.15, 0.2) is 23.1 Å². The van der Waals surface area contributed by atoms with Crippen molar-refractivity contribution in [3.63, 3.8) is 0 Å². The van der Waals surface area contributed by atoms with E-state index in [1.54, 1.807) is 0 Å². The maximum absolute atomic E-state index is 13.0. The molecule has 1 fully saturated rings. The Morgan fingerprint density at radius 3 is 1.91 bits per heavy atom. The molecule has 0 aromatic heterocycles. The van der Waals surface area contributed by atoms with Crippen LogP contribution in [-0.2, 0) is 22.4 Å². The highest BCUT2D eigenvalue weighted by atomic mass is 32.2. The molecule has 1 aromatic rings. The van der Waals surface area contributed by atoms with Gasteiger partial charge in [0.15, 0.2) is 0 Å². The van der Waals surface area contributed by atoms with Crippen molar-refractivity contribution in [1.82, 2.24) is 4.31 Å². The van der Waals surface area contributed by atoms with Crippen molar-refractivity contribution in [3.05, 3.63) is 29.3 Å². The highest BCUT2D eigenvalue weighted by Crippen LogP contribution is 2.39. The molecule has 0 spiro atoms. The Morgan fingerprint density at radius 1 is 0.870 bits per heavy atom. The van der Waals surface area contributed by atoms with Crippen LogP contribution in [0.3, 0.4) is 0 Å². The largest absolute Gasteiger partial charge is 0.417 e. The summed E-state index contributed by atoms with van der Waals surface area (Å²) in [5.41, 5.74) is -3.02. The van der Waals surface area contributed by atoms with Gasteiger partial charge in [-0.1, -0.05) is 6.42 Å². The first kappa shape index (κ1) is 18.1. The lowest BCUT2D eigenvalue weighted by molar-refractivity contribution is -0.143. The van der Waals surface area contributed by atoms with Crippen molar-refractivity contribution < 1.29 is 34.8 Å². The Bertz CT molecular complexity index is 675. The summed E-state index contributed by atoms with van der Waals surface area (Å²) in [7, 11) is -4.65. The van der Waals surface area contributed by atoms with Crippen molar-refractivity contribution in [2.24, 2.45) is 0 Å². The average Bonchev–Trinajstić information content (AvgIpc) is 2.45. The maximum atomic E-state index is 13.0. The van der Waals surface area contributed by atoms with Crippen LogP contribution in [0, 0.1) is 0 Å². The van der Waals surface area contributed by atoms with Crippen LogP contribution in [0.25, 0.3) is 0 Å². The van der Waals surface area contributed by atoms with E-state index in [9.17, 15) is 34.8 Å². The van der Waals surface area contributed by atoms with Gasteiger partial charge >= 0.3 is 12.4 Å². The Labute approximate surface area is 128 Å². The van der Waals surface area contributed by atoms with Gasteiger partial charge in [-0.2, -0.15) is 30.6 Å². The summed E-state index contributed by atoms with van der Waals surface area (Å²) in [6.45, 7) is -0.00818. The van der Waals surface area contributed by atoms with E-state index in [2.05, 4.69) is 0 Å². The standard InChI is InChI=1S/C13H13F6NO2S/c14-12(15,16)9-4-5-10(13(17,18)19)11(8-9)23(21,22)20-6-2-1-3-7-20/h4-5,8H,1-3,6-7H2. The number of sulfonamides is 1.